The maximum Gasteiger partial charge on any atom is 0.256 e. The zero-order valence-corrected chi connectivity index (χ0v) is 69.1. The molecule has 3 aromatic heterocycles. The summed E-state index contributed by atoms with van der Waals surface area (Å²) in [4.78, 5) is 147. The van der Waals surface area contributed by atoms with Crippen LogP contribution in [0.4, 0.5) is 0 Å². The molecule has 0 unspecified atom stereocenters. The van der Waals surface area contributed by atoms with E-state index in [1.165, 1.54) is 14.7 Å². The van der Waals surface area contributed by atoms with Crippen molar-refractivity contribution in [2.45, 2.75) is 186 Å². The molecule has 1 saturated carbocycles. The van der Waals surface area contributed by atoms with E-state index in [9.17, 15) is 58.5 Å². The third-order valence-corrected chi connectivity index (χ3v) is 26.8. The number of fused-ring (bicyclic) bond motifs is 3. The molecule has 7 atom stereocenters. The summed E-state index contributed by atoms with van der Waals surface area (Å²) in [7, 11) is 0. The maximum absolute atomic E-state index is 14.2. The number of hydrogen-bond acceptors (Lipinski definition) is 18. The molecule has 24 nitrogen and oxygen atoms in total. The lowest BCUT2D eigenvalue weighted by Gasteiger charge is -2.41. The Bertz CT molecular complexity index is 5180. The molecule has 0 bridgehead atoms. The van der Waals surface area contributed by atoms with Crippen molar-refractivity contribution >= 4 is 103 Å². The van der Waals surface area contributed by atoms with Gasteiger partial charge in [-0.1, -0.05) is 148 Å². The topological polar surface area (TPSA) is 309 Å². The van der Waals surface area contributed by atoms with Crippen molar-refractivity contribution in [3.63, 3.8) is 0 Å². The summed E-state index contributed by atoms with van der Waals surface area (Å²) in [5.74, 6) is -2.53. The van der Waals surface area contributed by atoms with Gasteiger partial charge in [-0.05, 0) is 138 Å². The molecule has 0 radical (unpaired) electrons. The van der Waals surface area contributed by atoms with Crippen molar-refractivity contribution in [2.24, 2.45) is 5.92 Å². The molecule has 598 valence electrons. The van der Waals surface area contributed by atoms with Crippen LogP contribution in [0.3, 0.4) is 0 Å². The summed E-state index contributed by atoms with van der Waals surface area (Å²) in [6.07, 6.45) is 0.936. The lowest BCUT2D eigenvalue weighted by molar-refractivity contribution is -0.148. The number of carbonyl (C=O) groups excluding carboxylic acids is 9. The van der Waals surface area contributed by atoms with Gasteiger partial charge in [0.2, 0.25) is 35.4 Å². The standard InChI is InChI=1S/C30H32N4O4S.C29H31BrN4O4S.C28H30N4O4S/c1-19-26(39-18-32-19)21-10-8-20(9-11-21)15-31-27(36)25-14-23(35)17-33(25)29(38)30(12-4-5-13-30)34-16-22-6-2-3-7-24(22)28(34)37;1-16(2)25(34-13-20-5-4-6-22(30)24(20)28(34)37)29(38)33-14-21(35)11-23(33)27(36)31-12-18-7-9-19(10-8-18)26-17(3)32-15-39-26;1-17-24(37-16-30-17)19-10-8-18(9-11-19)13-29-25(34)23-12-21(33)15-31(23)27(36)28(2,3)32-14-20-6-4-5-7-22(20)26(32)35/h2-3,6-11,18,23,25,35H,4-5,12-17H2,1H3,(H,31,36);4-10,15-16,21,23,25,35H,11-14H2,1-3H3,(H,31,36);4-11,16,21,23,33H,12-15H2,1-3H3,(H,29,34)/t23-,25+;21-,23+,25+;21-,23+/m111/s1. The first-order valence-corrected chi connectivity index (χ1v) is 42.3. The lowest BCUT2D eigenvalue weighted by Crippen LogP contribution is -2.60. The molecule has 9 amide bonds. The van der Waals surface area contributed by atoms with Gasteiger partial charge in [0.25, 0.3) is 17.7 Å². The predicted octanol–water partition coefficient (Wildman–Crippen LogP) is 10.9. The number of hydrogen-bond donors (Lipinski definition) is 6. The second-order valence-electron chi connectivity index (χ2n) is 31.5. The Morgan fingerprint density at radius 3 is 1.35 bits per heavy atom. The number of aliphatic hydroxyl groups excluding tert-OH is 3. The first kappa shape index (κ1) is 81.4. The molecular formula is C87H93BrN12O12S3. The molecular weight excluding hydrogens is 1580 g/mol. The molecule has 9 heterocycles. The van der Waals surface area contributed by atoms with Crippen LogP contribution in [0.25, 0.3) is 31.3 Å². The first-order valence-electron chi connectivity index (χ1n) is 38.9. The average molecular weight is 1670 g/mol. The second-order valence-corrected chi connectivity index (χ2v) is 34.9. The van der Waals surface area contributed by atoms with Gasteiger partial charge < -0.3 is 60.7 Å². The minimum absolute atomic E-state index is 0.0538. The minimum atomic E-state index is -1.18. The van der Waals surface area contributed by atoms with Crippen LogP contribution in [-0.4, -0.2) is 186 Å². The van der Waals surface area contributed by atoms with Gasteiger partial charge in [0, 0.05) is 93.8 Å². The Balaban J connectivity index is 0.000000143. The van der Waals surface area contributed by atoms with Gasteiger partial charge in [-0.3, -0.25) is 43.2 Å². The SMILES string of the molecule is Cc1ncsc1-c1ccc(CNC(=O)[C@@H]2C[C@@H](O)CN2C(=O)C(C)(C)N2Cc3ccccc3C2=O)cc1.Cc1ncsc1-c1ccc(CNC(=O)[C@@H]2C[C@@H](O)CN2C(=O)C2(N3Cc4ccccc4C3=O)CCCC2)cc1.Cc1ncsc1-c1ccc(CNC(=O)[C@@H]2C[C@@H](O)CN2C(=O)[C@H](C(C)C)N2Cc3cccc(Br)c3C2=O)cc1. The third kappa shape index (κ3) is 16.7. The van der Waals surface area contributed by atoms with Crippen LogP contribution in [0.1, 0.15) is 154 Å². The Hall–Kier alpha value is -10.2. The summed E-state index contributed by atoms with van der Waals surface area (Å²) >= 11 is 8.24. The number of likely N-dealkylation sites (tertiary alicyclic amines) is 3. The number of benzene rings is 6. The van der Waals surface area contributed by atoms with Crippen LogP contribution in [0.15, 0.2) is 161 Å². The van der Waals surface area contributed by atoms with Gasteiger partial charge in [0.05, 0.1) is 72.1 Å². The monoisotopic (exact) mass is 1670 g/mol. The fraction of sp³-hybridized carbons (Fsp3) is 0.379. The van der Waals surface area contributed by atoms with Crippen LogP contribution in [0.2, 0.25) is 0 Å². The molecule has 1 aliphatic carbocycles. The fourth-order valence-electron chi connectivity index (χ4n) is 17.0. The Morgan fingerprint density at radius 2 is 0.922 bits per heavy atom. The fourth-order valence-corrected chi connectivity index (χ4v) is 20.0. The molecule has 6 aromatic carbocycles. The summed E-state index contributed by atoms with van der Waals surface area (Å²) in [5.41, 5.74) is 16.8. The van der Waals surface area contributed by atoms with Gasteiger partial charge in [-0.15, -0.1) is 34.0 Å². The van der Waals surface area contributed by atoms with Crippen LogP contribution in [0.5, 0.6) is 0 Å². The Kier molecular flexibility index (Phi) is 24.3. The van der Waals surface area contributed by atoms with E-state index < -0.39 is 53.6 Å². The molecule has 6 aliphatic heterocycles. The number of halogens is 1. The normalized spacial score (nSPS) is 20.2. The van der Waals surface area contributed by atoms with Gasteiger partial charge in [0.15, 0.2) is 0 Å². The molecule has 9 aromatic rings. The summed E-state index contributed by atoms with van der Waals surface area (Å²) in [6, 6.07) is 41.1. The number of aliphatic hydroxyl groups is 3. The number of rotatable bonds is 19. The van der Waals surface area contributed by atoms with Gasteiger partial charge in [-0.25, -0.2) is 15.0 Å². The van der Waals surface area contributed by atoms with Crippen LogP contribution < -0.4 is 16.0 Å². The highest BCUT2D eigenvalue weighted by Gasteiger charge is 2.56. The van der Waals surface area contributed by atoms with Crippen molar-refractivity contribution in [3.8, 4) is 31.3 Å². The highest BCUT2D eigenvalue weighted by atomic mass is 79.9. The highest BCUT2D eigenvalue weighted by molar-refractivity contribution is 9.10. The van der Waals surface area contributed by atoms with E-state index in [-0.39, 0.29) is 98.0 Å². The number of aryl methyl sites for hydroxylation is 3. The molecule has 28 heteroatoms. The van der Waals surface area contributed by atoms with Gasteiger partial charge in [0.1, 0.15) is 35.2 Å². The van der Waals surface area contributed by atoms with Crippen molar-refractivity contribution in [1.29, 1.82) is 0 Å². The van der Waals surface area contributed by atoms with Gasteiger partial charge >= 0.3 is 0 Å². The summed E-state index contributed by atoms with van der Waals surface area (Å²) in [6.45, 7) is 15.3. The number of nitrogens with zero attached hydrogens (tertiary/aromatic N) is 9. The molecule has 3 saturated heterocycles. The second kappa shape index (κ2) is 34.3. The van der Waals surface area contributed by atoms with Gasteiger partial charge in [-0.2, -0.15) is 0 Å². The number of thiazole rings is 3. The van der Waals surface area contributed by atoms with E-state index in [0.29, 0.717) is 73.3 Å². The molecule has 4 fully saturated rings. The Morgan fingerprint density at radius 1 is 0.513 bits per heavy atom. The highest BCUT2D eigenvalue weighted by Crippen LogP contribution is 2.44. The summed E-state index contributed by atoms with van der Waals surface area (Å²) in [5, 5.41) is 40.2. The molecule has 115 heavy (non-hydrogen) atoms. The lowest BCUT2D eigenvalue weighted by atomic mass is 9.92. The third-order valence-electron chi connectivity index (χ3n) is 23.2. The zero-order valence-electron chi connectivity index (χ0n) is 65.1. The minimum Gasteiger partial charge on any atom is -0.391 e. The number of β-amino-alcohol motifs (C(OH)–C–C–N with tert-alkyl or cyclic N) is 3. The molecule has 7 aliphatic rings. The van der Waals surface area contributed by atoms with E-state index >= 15 is 0 Å². The van der Waals surface area contributed by atoms with Crippen molar-refractivity contribution in [1.82, 2.24) is 60.3 Å². The average Bonchev–Trinajstić information content (AvgIpc) is 1.60. The van der Waals surface area contributed by atoms with E-state index in [2.05, 4.69) is 46.8 Å². The van der Waals surface area contributed by atoms with E-state index in [0.717, 1.165) is 94.6 Å². The van der Waals surface area contributed by atoms with E-state index in [1.54, 1.807) is 74.7 Å². The molecule has 16 rings (SSSR count). The number of amides is 9. The molecule has 6 N–H and O–H groups in total. The largest absolute Gasteiger partial charge is 0.391 e. The van der Waals surface area contributed by atoms with E-state index in [1.807, 2.05) is 179 Å². The van der Waals surface area contributed by atoms with Crippen molar-refractivity contribution in [3.05, 3.63) is 228 Å². The van der Waals surface area contributed by atoms with E-state index in [4.69, 9.17) is 0 Å². The molecule has 0 spiro atoms. The number of aromatic nitrogens is 3. The Labute approximate surface area is 688 Å². The first-order chi connectivity index (χ1) is 55.2. The quantitative estimate of drug-likeness (QED) is 0.0438. The van der Waals surface area contributed by atoms with Crippen LogP contribution in [-0.2, 0) is 68.0 Å². The van der Waals surface area contributed by atoms with Crippen molar-refractivity contribution < 1.29 is 58.5 Å². The summed E-state index contributed by atoms with van der Waals surface area (Å²) < 4.78 is 0.700. The van der Waals surface area contributed by atoms with Crippen molar-refractivity contribution in [2.75, 3.05) is 19.6 Å². The van der Waals surface area contributed by atoms with Crippen LogP contribution in [0, 0.1) is 26.7 Å². The maximum atomic E-state index is 14.2. The number of carbonyl (C=O) groups is 9. The number of nitrogens with one attached hydrogen (secondary N) is 3. The zero-order chi connectivity index (χ0) is 81.3. The predicted molar refractivity (Wildman–Crippen MR) is 441 cm³/mol. The van der Waals surface area contributed by atoms with Crippen LogP contribution >= 0.6 is 49.9 Å². The smallest absolute Gasteiger partial charge is 0.256 e.